The molecule has 0 aliphatic rings. The van der Waals surface area contributed by atoms with E-state index in [2.05, 4.69) is 10.6 Å². The quantitative estimate of drug-likeness (QED) is 0.489. The summed E-state index contributed by atoms with van der Waals surface area (Å²) in [6.07, 6.45) is 0. The van der Waals surface area contributed by atoms with Crippen molar-refractivity contribution in [3.8, 4) is 0 Å². The van der Waals surface area contributed by atoms with Crippen molar-refractivity contribution in [3.63, 3.8) is 0 Å². The molecule has 0 aromatic heterocycles. The SMILES string of the molecule is C[C@H](NC(=O)NCCCl)c1cccc([N+](=O)[O-])c1. The van der Waals surface area contributed by atoms with Gasteiger partial charge in [0.15, 0.2) is 0 Å². The lowest BCUT2D eigenvalue weighted by Gasteiger charge is -2.14. The van der Waals surface area contributed by atoms with Crippen LogP contribution >= 0.6 is 11.6 Å². The highest BCUT2D eigenvalue weighted by Gasteiger charge is 2.12. The molecule has 0 unspecified atom stereocenters. The van der Waals surface area contributed by atoms with E-state index in [4.69, 9.17) is 11.6 Å². The van der Waals surface area contributed by atoms with Crippen molar-refractivity contribution in [2.24, 2.45) is 0 Å². The molecule has 0 bridgehead atoms. The third-order valence-electron chi connectivity index (χ3n) is 2.31. The first-order valence-electron chi connectivity index (χ1n) is 5.39. The highest BCUT2D eigenvalue weighted by atomic mass is 35.5. The minimum Gasteiger partial charge on any atom is -0.337 e. The van der Waals surface area contributed by atoms with Gasteiger partial charge in [-0.25, -0.2) is 4.79 Å². The minimum atomic E-state index is -0.468. The van der Waals surface area contributed by atoms with Gasteiger partial charge in [0, 0.05) is 24.6 Å². The third-order valence-corrected chi connectivity index (χ3v) is 2.50. The lowest BCUT2D eigenvalue weighted by atomic mass is 10.1. The van der Waals surface area contributed by atoms with Gasteiger partial charge in [0.05, 0.1) is 11.0 Å². The maximum Gasteiger partial charge on any atom is 0.315 e. The summed E-state index contributed by atoms with van der Waals surface area (Å²) in [5.74, 6) is 0.332. The van der Waals surface area contributed by atoms with Crippen LogP contribution in [0.2, 0.25) is 0 Å². The molecule has 1 aromatic carbocycles. The van der Waals surface area contributed by atoms with Gasteiger partial charge in [0.25, 0.3) is 5.69 Å². The number of amides is 2. The van der Waals surface area contributed by atoms with Gasteiger partial charge in [0.1, 0.15) is 0 Å². The molecule has 2 N–H and O–H groups in total. The summed E-state index contributed by atoms with van der Waals surface area (Å²) < 4.78 is 0. The number of halogens is 1. The maximum absolute atomic E-state index is 11.4. The number of carbonyl (C=O) groups is 1. The number of alkyl halides is 1. The predicted octanol–water partition coefficient (Wildman–Crippen LogP) is 2.19. The first kappa shape index (κ1) is 14.2. The van der Waals surface area contributed by atoms with Crippen molar-refractivity contribution in [2.75, 3.05) is 12.4 Å². The van der Waals surface area contributed by atoms with E-state index in [0.29, 0.717) is 18.0 Å². The number of nitrogens with zero attached hydrogens (tertiary/aromatic N) is 1. The molecular formula is C11H14ClN3O3. The number of hydrogen-bond donors (Lipinski definition) is 2. The van der Waals surface area contributed by atoms with Crippen LogP contribution in [0.1, 0.15) is 18.5 Å². The largest absolute Gasteiger partial charge is 0.337 e. The standard InChI is InChI=1S/C11H14ClN3O3/c1-8(14-11(16)13-6-5-12)9-3-2-4-10(7-9)15(17)18/h2-4,7-8H,5-6H2,1H3,(H2,13,14,16)/t8-/m0/s1. The summed E-state index contributed by atoms with van der Waals surface area (Å²) in [5, 5.41) is 15.9. The second-order valence-electron chi connectivity index (χ2n) is 3.66. The summed E-state index contributed by atoms with van der Waals surface area (Å²) in [6.45, 7) is 2.12. The Balaban J connectivity index is 2.66. The third kappa shape index (κ3) is 4.21. The lowest BCUT2D eigenvalue weighted by molar-refractivity contribution is -0.384. The number of benzene rings is 1. The van der Waals surface area contributed by atoms with Crippen LogP contribution in [0.25, 0.3) is 0 Å². The molecule has 0 spiro atoms. The van der Waals surface area contributed by atoms with Crippen LogP contribution in [-0.4, -0.2) is 23.4 Å². The molecule has 1 rings (SSSR count). The molecule has 0 saturated carbocycles. The van der Waals surface area contributed by atoms with Crippen molar-refractivity contribution in [2.45, 2.75) is 13.0 Å². The predicted molar refractivity (Wildman–Crippen MR) is 68.8 cm³/mol. The Morgan fingerprint density at radius 3 is 2.89 bits per heavy atom. The summed E-state index contributed by atoms with van der Waals surface area (Å²) in [6, 6.07) is 5.48. The molecule has 0 heterocycles. The fourth-order valence-corrected chi connectivity index (χ4v) is 1.49. The number of nitro groups is 1. The number of nitro benzene ring substituents is 1. The number of urea groups is 1. The molecule has 1 aromatic rings. The molecule has 98 valence electrons. The average molecular weight is 272 g/mol. The number of rotatable bonds is 5. The van der Waals surface area contributed by atoms with Crippen LogP contribution in [0.15, 0.2) is 24.3 Å². The average Bonchev–Trinajstić information content (AvgIpc) is 2.36. The van der Waals surface area contributed by atoms with Crippen molar-refractivity contribution in [1.29, 1.82) is 0 Å². The number of carbonyl (C=O) groups excluding carboxylic acids is 1. The van der Waals surface area contributed by atoms with Gasteiger partial charge in [-0.05, 0) is 12.5 Å². The van der Waals surface area contributed by atoms with Gasteiger partial charge in [-0.1, -0.05) is 12.1 Å². The Kier molecular flexibility index (Phi) is 5.38. The Labute approximate surface area is 109 Å². The van der Waals surface area contributed by atoms with E-state index in [9.17, 15) is 14.9 Å². The molecule has 7 heteroatoms. The Morgan fingerprint density at radius 1 is 1.56 bits per heavy atom. The van der Waals surface area contributed by atoms with Crippen LogP contribution in [0.3, 0.4) is 0 Å². The number of nitrogens with one attached hydrogen (secondary N) is 2. The Morgan fingerprint density at radius 2 is 2.28 bits per heavy atom. The Bertz CT molecular complexity index is 439. The molecule has 0 aliphatic heterocycles. The van der Waals surface area contributed by atoms with E-state index >= 15 is 0 Å². The second kappa shape index (κ2) is 6.80. The van der Waals surface area contributed by atoms with E-state index in [1.165, 1.54) is 12.1 Å². The first-order chi connectivity index (χ1) is 8.54. The van der Waals surface area contributed by atoms with Crippen LogP contribution in [-0.2, 0) is 0 Å². The van der Waals surface area contributed by atoms with Gasteiger partial charge in [-0.15, -0.1) is 11.6 Å². The first-order valence-corrected chi connectivity index (χ1v) is 5.92. The van der Waals surface area contributed by atoms with Gasteiger partial charge in [0.2, 0.25) is 0 Å². The van der Waals surface area contributed by atoms with Gasteiger partial charge in [-0.2, -0.15) is 0 Å². The van der Waals surface area contributed by atoms with Gasteiger partial charge < -0.3 is 10.6 Å². The molecule has 0 aliphatic carbocycles. The van der Waals surface area contributed by atoms with Crippen molar-refractivity contribution in [3.05, 3.63) is 39.9 Å². The summed E-state index contributed by atoms with van der Waals surface area (Å²) in [5.41, 5.74) is 0.674. The van der Waals surface area contributed by atoms with Crippen molar-refractivity contribution < 1.29 is 9.72 Å². The monoisotopic (exact) mass is 271 g/mol. The van der Waals surface area contributed by atoms with Gasteiger partial charge >= 0.3 is 6.03 Å². The highest BCUT2D eigenvalue weighted by Crippen LogP contribution is 2.18. The van der Waals surface area contributed by atoms with E-state index in [-0.39, 0.29) is 17.8 Å². The minimum absolute atomic E-state index is 0.00214. The van der Waals surface area contributed by atoms with Crippen LogP contribution in [0.4, 0.5) is 10.5 Å². The fraction of sp³-hybridized carbons (Fsp3) is 0.364. The molecule has 18 heavy (non-hydrogen) atoms. The smallest absolute Gasteiger partial charge is 0.315 e. The van der Waals surface area contributed by atoms with E-state index < -0.39 is 4.92 Å². The highest BCUT2D eigenvalue weighted by molar-refractivity contribution is 6.18. The molecule has 0 saturated heterocycles. The van der Waals surface area contributed by atoms with E-state index in [1.807, 2.05) is 0 Å². The van der Waals surface area contributed by atoms with Crippen LogP contribution < -0.4 is 10.6 Å². The van der Waals surface area contributed by atoms with Crippen molar-refractivity contribution >= 4 is 23.3 Å². The van der Waals surface area contributed by atoms with E-state index in [0.717, 1.165) is 0 Å². The fourth-order valence-electron chi connectivity index (χ4n) is 1.40. The number of non-ortho nitro benzene ring substituents is 1. The second-order valence-corrected chi connectivity index (χ2v) is 4.04. The van der Waals surface area contributed by atoms with Crippen molar-refractivity contribution in [1.82, 2.24) is 10.6 Å². The zero-order valence-electron chi connectivity index (χ0n) is 9.85. The summed E-state index contributed by atoms with van der Waals surface area (Å²) in [7, 11) is 0. The molecule has 2 amide bonds. The molecular weight excluding hydrogens is 258 g/mol. The number of hydrogen-bond acceptors (Lipinski definition) is 3. The summed E-state index contributed by atoms with van der Waals surface area (Å²) in [4.78, 5) is 21.6. The zero-order valence-corrected chi connectivity index (χ0v) is 10.6. The molecule has 0 radical (unpaired) electrons. The molecule has 0 fully saturated rings. The molecule has 1 atom stereocenters. The zero-order chi connectivity index (χ0) is 13.5. The van der Waals surface area contributed by atoms with Crippen LogP contribution in [0.5, 0.6) is 0 Å². The summed E-state index contributed by atoms with van der Waals surface area (Å²) >= 11 is 5.44. The topological polar surface area (TPSA) is 84.3 Å². The maximum atomic E-state index is 11.4. The van der Waals surface area contributed by atoms with Gasteiger partial charge in [-0.3, -0.25) is 10.1 Å². The normalized spacial score (nSPS) is 11.7. The lowest BCUT2D eigenvalue weighted by Crippen LogP contribution is -2.37. The Hall–Kier alpha value is -1.82. The van der Waals surface area contributed by atoms with E-state index in [1.54, 1.807) is 19.1 Å². The molecule has 6 nitrogen and oxygen atoms in total. The van der Waals surface area contributed by atoms with Crippen LogP contribution in [0, 0.1) is 10.1 Å².